The predicted molar refractivity (Wildman–Crippen MR) is 78.2 cm³/mol. The number of rotatable bonds is 7. The average molecular weight is 270 g/mol. The van der Waals surface area contributed by atoms with Crippen LogP contribution in [0.1, 0.15) is 46.5 Å². The van der Waals surface area contributed by atoms with Gasteiger partial charge in [-0.2, -0.15) is 0 Å². The van der Waals surface area contributed by atoms with E-state index in [4.69, 9.17) is 4.74 Å². The van der Waals surface area contributed by atoms with Gasteiger partial charge < -0.3 is 15.0 Å². The van der Waals surface area contributed by atoms with Gasteiger partial charge in [-0.1, -0.05) is 6.92 Å². The fraction of sp³-hybridized carbons (Fsp3) is 0.933. The van der Waals surface area contributed by atoms with Crippen LogP contribution in [0.15, 0.2) is 0 Å². The Labute approximate surface area is 117 Å². The third-order valence-corrected chi connectivity index (χ3v) is 3.91. The first-order valence-corrected chi connectivity index (χ1v) is 7.52. The fourth-order valence-corrected chi connectivity index (χ4v) is 2.51. The lowest BCUT2D eigenvalue weighted by Crippen LogP contribution is -2.42. The van der Waals surface area contributed by atoms with Gasteiger partial charge in [0.25, 0.3) is 0 Å². The van der Waals surface area contributed by atoms with E-state index in [1.807, 2.05) is 18.7 Å². The summed E-state index contributed by atoms with van der Waals surface area (Å²) in [4.78, 5) is 14.5. The number of ether oxygens (including phenoxy) is 1. The maximum absolute atomic E-state index is 12.4. The Balaban J connectivity index is 2.52. The van der Waals surface area contributed by atoms with Crippen molar-refractivity contribution in [3.63, 3.8) is 0 Å². The zero-order valence-electron chi connectivity index (χ0n) is 13.0. The molecule has 0 aromatic heterocycles. The van der Waals surface area contributed by atoms with Crippen LogP contribution in [-0.4, -0.2) is 49.7 Å². The van der Waals surface area contributed by atoms with Crippen molar-refractivity contribution in [1.29, 1.82) is 0 Å². The molecule has 1 aliphatic heterocycles. The van der Waals surface area contributed by atoms with E-state index in [9.17, 15) is 4.79 Å². The minimum atomic E-state index is -0.364. The van der Waals surface area contributed by atoms with E-state index in [2.05, 4.69) is 12.2 Å². The van der Waals surface area contributed by atoms with Crippen LogP contribution in [0, 0.1) is 5.92 Å². The van der Waals surface area contributed by atoms with Crippen LogP contribution in [-0.2, 0) is 9.53 Å². The lowest BCUT2D eigenvalue weighted by atomic mass is 9.96. The Morgan fingerprint density at radius 2 is 2.00 bits per heavy atom. The summed E-state index contributed by atoms with van der Waals surface area (Å²) < 4.78 is 5.37. The van der Waals surface area contributed by atoms with Crippen LogP contribution < -0.4 is 5.32 Å². The van der Waals surface area contributed by atoms with Gasteiger partial charge in [0.2, 0.25) is 5.91 Å². The summed E-state index contributed by atoms with van der Waals surface area (Å²) in [6.45, 7) is 10.0. The van der Waals surface area contributed by atoms with E-state index in [1.165, 1.54) is 12.8 Å². The first kappa shape index (κ1) is 16.4. The minimum Gasteiger partial charge on any atom is -0.378 e. The molecule has 0 radical (unpaired) electrons. The Bertz CT molecular complexity index is 273. The lowest BCUT2D eigenvalue weighted by molar-refractivity contribution is -0.137. The average Bonchev–Trinajstić information content (AvgIpc) is 2.39. The smallest absolute Gasteiger partial charge is 0.225 e. The predicted octanol–water partition coefficient (Wildman–Crippen LogP) is 2.04. The third kappa shape index (κ3) is 5.91. The molecule has 1 fully saturated rings. The van der Waals surface area contributed by atoms with E-state index >= 15 is 0 Å². The lowest BCUT2D eigenvalue weighted by Gasteiger charge is -2.32. The maximum atomic E-state index is 12.4. The zero-order chi connectivity index (χ0) is 14.3. The fourth-order valence-electron chi connectivity index (χ4n) is 2.51. The molecule has 0 saturated carbocycles. The molecule has 0 aliphatic carbocycles. The van der Waals surface area contributed by atoms with Crippen molar-refractivity contribution in [2.24, 2.45) is 5.92 Å². The van der Waals surface area contributed by atoms with Crippen molar-refractivity contribution >= 4 is 5.91 Å². The zero-order valence-corrected chi connectivity index (χ0v) is 13.0. The molecule has 1 heterocycles. The normalized spacial score (nSPS) is 17.5. The Morgan fingerprint density at radius 3 is 2.53 bits per heavy atom. The molecule has 0 aromatic carbocycles. The molecule has 4 nitrogen and oxygen atoms in total. The Kier molecular flexibility index (Phi) is 6.80. The largest absolute Gasteiger partial charge is 0.378 e. The summed E-state index contributed by atoms with van der Waals surface area (Å²) in [5.41, 5.74) is -0.364. The molecule has 1 amide bonds. The molecule has 19 heavy (non-hydrogen) atoms. The van der Waals surface area contributed by atoms with Crippen LogP contribution in [0.2, 0.25) is 0 Å². The van der Waals surface area contributed by atoms with Crippen LogP contribution in [0.5, 0.6) is 0 Å². The monoisotopic (exact) mass is 270 g/mol. The van der Waals surface area contributed by atoms with Gasteiger partial charge in [-0.05, 0) is 52.1 Å². The van der Waals surface area contributed by atoms with Crippen LogP contribution in [0.25, 0.3) is 0 Å². The van der Waals surface area contributed by atoms with Gasteiger partial charge in [-0.3, -0.25) is 4.79 Å². The number of nitrogens with one attached hydrogen (secondary N) is 1. The second-order valence-corrected chi connectivity index (χ2v) is 6.17. The van der Waals surface area contributed by atoms with Crippen molar-refractivity contribution < 1.29 is 9.53 Å². The molecule has 0 bridgehead atoms. The number of carbonyl (C=O) groups excluding carboxylic acids is 1. The van der Waals surface area contributed by atoms with Crippen molar-refractivity contribution in [1.82, 2.24) is 10.2 Å². The summed E-state index contributed by atoms with van der Waals surface area (Å²) in [5, 5.41) is 3.37. The topological polar surface area (TPSA) is 41.6 Å². The van der Waals surface area contributed by atoms with E-state index in [1.54, 1.807) is 7.11 Å². The number of amides is 1. The van der Waals surface area contributed by atoms with Gasteiger partial charge >= 0.3 is 0 Å². The van der Waals surface area contributed by atoms with Crippen molar-refractivity contribution in [2.75, 3.05) is 33.3 Å². The van der Waals surface area contributed by atoms with Gasteiger partial charge in [0.15, 0.2) is 0 Å². The minimum absolute atomic E-state index is 0.229. The first-order valence-electron chi connectivity index (χ1n) is 7.52. The molecule has 112 valence electrons. The van der Waals surface area contributed by atoms with Crippen molar-refractivity contribution in [3.05, 3.63) is 0 Å². The molecule has 0 spiro atoms. The van der Waals surface area contributed by atoms with Gasteiger partial charge in [0.05, 0.1) is 12.0 Å². The van der Waals surface area contributed by atoms with Crippen LogP contribution in [0.3, 0.4) is 0 Å². The van der Waals surface area contributed by atoms with Crippen molar-refractivity contribution in [3.8, 4) is 0 Å². The third-order valence-electron chi connectivity index (χ3n) is 3.91. The van der Waals surface area contributed by atoms with Gasteiger partial charge in [0, 0.05) is 20.2 Å². The first-order chi connectivity index (χ1) is 8.98. The summed E-state index contributed by atoms with van der Waals surface area (Å²) in [7, 11) is 1.67. The summed E-state index contributed by atoms with van der Waals surface area (Å²) in [6.07, 6.45) is 3.85. The highest BCUT2D eigenvalue weighted by atomic mass is 16.5. The Morgan fingerprint density at radius 1 is 1.37 bits per heavy atom. The van der Waals surface area contributed by atoms with E-state index in [-0.39, 0.29) is 11.5 Å². The molecule has 1 saturated heterocycles. The quantitative estimate of drug-likeness (QED) is 0.770. The number of hydrogen-bond donors (Lipinski definition) is 1. The van der Waals surface area contributed by atoms with Gasteiger partial charge in [-0.15, -0.1) is 0 Å². The van der Waals surface area contributed by atoms with E-state index in [0.717, 1.165) is 32.6 Å². The molecule has 1 aliphatic rings. The van der Waals surface area contributed by atoms with Crippen molar-refractivity contribution in [2.45, 2.75) is 52.1 Å². The van der Waals surface area contributed by atoms with Gasteiger partial charge in [0.1, 0.15) is 0 Å². The van der Waals surface area contributed by atoms with Crippen LogP contribution >= 0.6 is 0 Å². The molecule has 0 atom stereocenters. The number of carbonyl (C=O) groups is 1. The molecule has 4 heteroatoms. The van der Waals surface area contributed by atoms with E-state index < -0.39 is 0 Å². The molecule has 0 unspecified atom stereocenters. The molecular formula is C15H30N2O2. The number of methoxy groups -OCH3 is 1. The second kappa shape index (κ2) is 7.85. The molecule has 0 aromatic rings. The summed E-state index contributed by atoms with van der Waals surface area (Å²) in [5.74, 6) is 0.884. The number of piperidine rings is 1. The number of hydrogen-bond acceptors (Lipinski definition) is 3. The summed E-state index contributed by atoms with van der Waals surface area (Å²) in [6, 6.07) is 0. The summed E-state index contributed by atoms with van der Waals surface area (Å²) >= 11 is 0. The van der Waals surface area contributed by atoms with Gasteiger partial charge in [-0.25, -0.2) is 0 Å². The van der Waals surface area contributed by atoms with E-state index in [0.29, 0.717) is 12.3 Å². The van der Waals surface area contributed by atoms with Crippen LogP contribution in [0.4, 0.5) is 0 Å². The molecule has 1 rings (SSSR count). The molecule has 1 N–H and O–H groups in total. The SMILES string of the molecule is CCCN(CC1CCNCC1)C(=O)CC(C)(C)OC. The highest BCUT2D eigenvalue weighted by Crippen LogP contribution is 2.18. The highest BCUT2D eigenvalue weighted by Gasteiger charge is 2.26. The maximum Gasteiger partial charge on any atom is 0.225 e. The molecular weight excluding hydrogens is 240 g/mol. The standard InChI is InChI=1S/C15H30N2O2/c1-5-10-17(12-13-6-8-16-9-7-13)14(18)11-15(2,3)19-4/h13,16H,5-12H2,1-4H3. The second-order valence-electron chi connectivity index (χ2n) is 6.17. The Hall–Kier alpha value is -0.610. The number of nitrogens with zero attached hydrogens (tertiary/aromatic N) is 1. The highest BCUT2D eigenvalue weighted by molar-refractivity contribution is 5.77.